The highest BCUT2D eigenvalue weighted by Gasteiger charge is 2.18. The Labute approximate surface area is 126 Å². The number of primary amides is 1. The van der Waals surface area contributed by atoms with Crippen molar-refractivity contribution in [1.29, 1.82) is 0 Å². The number of hydrogen-bond acceptors (Lipinski definition) is 4. The molecule has 1 aromatic carbocycles. The number of aryl methyl sites for hydroxylation is 1. The van der Waals surface area contributed by atoms with Crippen LogP contribution in [0.4, 0.5) is 4.39 Å². The van der Waals surface area contributed by atoms with E-state index >= 15 is 0 Å². The number of benzene rings is 1. The molecule has 2 rings (SSSR count). The van der Waals surface area contributed by atoms with E-state index in [0.717, 1.165) is 0 Å². The molecular formula is C14H16FN5O2. The van der Waals surface area contributed by atoms with Gasteiger partial charge in [0.1, 0.15) is 11.6 Å². The summed E-state index contributed by atoms with van der Waals surface area (Å²) in [6, 6.07) is 5.25. The SMILES string of the molecule is Cc1nc(C(=O)NC(C)CC(N)=O)nn1-c1ccc(F)cc1. The minimum atomic E-state index is -0.506. The highest BCUT2D eigenvalue weighted by molar-refractivity contribution is 5.91. The zero-order valence-corrected chi connectivity index (χ0v) is 12.2. The molecule has 0 fully saturated rings. The maximum absolute atomic E-state index is 12.9. The molecule has 0 bridgehead atoms. The Bertz CT molecular complexity index is 696. The van der Waals surface area contributed by atoms with Gasteiger partial charge >= 0.3 is 0 Å². The minimum Gasteiger partial charge on any atom is -0.370 e. The van der Waals surface area contributed by atoms with Crippen LogP contribution in [0, 0.1) is 12.7 Å². The number of nitrogens with zero attached hydrogens (tertiary/aromatic N) is 3. The Kier molecular flexibility index (Phi) is 4.50. The monoisotopic (exact) mass is 305 g/mol. The smallest absolute Gasteiger partial charge is 0.291 e. The van der Waals surface area contributed by atoms with Gasteiger partial charge in [0.05, 0.1) is 5.69 Å². The van der Waals surface area contributed by atoms with Crippen LogP contribution in [0.1, 0.15) is 29.8 Å². The van der Waals surface area contributed by atoms with Gasteiger partial charge < -0.3 is 11.1 Å². The summed E-state index contributed by atoms with van der Waals surface area (Å²) in [7, 11) is 0. The zero-order chi connectivity index (χ0) is 16.3. The first-order valence-electron chi connectivity index (χ1n) is 6.65. The van der Waals surface area contributed by atoms with Crippen molar-refractivity contribution >= 4 is 11.8 Å². The van der Waals surface area contributed by atoms with Crippen LogP contribution in [0.15, 0.2) is 24.3 Å². The van der Waals surface area contributed by atoms with Crippen molar-refractivity contribution in [2.75, 3.05) is 0 Å². The Morgan fingerprint density at radius 3 is 2.59 bits per heavy atom. The second kappa shape index (κ2) is 6.33. The molecule has 0 aliphatic rings. The molecule has 0 aliphatic carbocycles. The van der Waals surface area contributed by atoms with E-state index in [1.165, 1.54) is 28.9 Å². The number of halogens is 1. The summed E-state index contributed by atoms with van der Waals surface area (Å²) in [6.45, 7) is 3.34. The zero-order valence-electron chi connectivity index (χ0n) is 12.2. The molecule has 2 aromatic rings. The summed E-state index contributed by atoms with van der Waals surface area (Å²) in [4.78, 5) is 26.9. The highest BCUT2D eigenvalue weighted by Crippen LogP contribution is 2.10. The number of nitrogens with two attached hydrogens (primary N) is 1. The minimum absolute atomic E-state index is 0.0295. The Hall–Kier alpha value is -2.77. The van der Waals surface area contributed by atoms with Crippen LogP contribution < -0.4 is 11.1 Å². The number of rotatable bonds is 5. The molecule has 8 heteroatoms. The molecule has 0 aliphatic heterocycles. The first-order valence-corrected chi connectivity index (χ1v) is 6.65. The number of aromatic nitrogens is 3. The molecule has 0 saturated carbocycles. The molecule has 1 aromatic heterocycles. The predicted molar refractivity (Wildman–Crippen MR) is 76.8 cm³/mol. The standard InChI is InChI=1S/C14H16FN5O2/c1-8(7-12(16)21)17-14(22)13-18-9(2)20(19-13)11-5-3-10(15)4-6-11/h3-6,8H,7H2,1-2H3,(H2,16,21)(H,17,22). The third-order valence-electron chi connectivity index (χ3n) is 2.93. The molecule has 7 nitrogen and oxygen atoms in total. The van der Waals surface area contributed by atoms with E-state index in [2.05, 4.69) is 15.4 Å². The van der Waals surface area contributed by atoms with Gasteiger partial charge in [-0.25, -0.2) is 14.1 Å². The van der Waals surface area contributed by atoms with Gasteiger partial charge in [0.2, 0.25) is 11.7 Å². The summed E-state index contributed by atoms with van der Waals surface area (Å²) >= 11 is 0. The number of nitrogens with one attached hydrogen (secondary N) is 1. The second-order valence-electron chi connectivity index (χ2n) is 4.92. The highest BCUT2D eigenvalue weighted by atomic mass is 19.1. The number of carbonyl (C=O) groups excluding carboxylic acids is 2. The Morgan fingerprint density at radius 1 is 1.36 bits per heavy atom. The van der Waals surface area contributed by atoms with Gasteiger partial charge in [-0.2, -0.15) is 0 Å². The van der Waals surface area contributed by atoms with Gasteiger partial charge in [0.15, 0.2) is 0 Å². The van der Waals surface area contributed by atoms with Crippen LogP contribution in [-0.4, -0.2) is 32.6 Å². The average molecular weight is 305 g/mol. The molecule has 1 heterocycles. The molecule has 3 N–H and O–H groups in total. The lowest BCUT2D eigenvalue weighted by Crippen LogP contribution is -2.36. The van der Waals surface area contributed by atoms with Crippen LogP contribution in [0.25, 0.3) is 5.69 Å². The quantitative estimate of drug-likeness (QED) is 0.849. The topological polar surface area (TPSA) is 103 Å². The van der Waals surface area contributed by atoms with E-state index in [4.69, 9.17) is 5.73 Å². The van der Waals surface area contributed by atoms with Crippen LogP contribution in [0.5, 0.6) is 0 Å². The molecule has 0 saturated heterocycles. The van der Waals surface area contributed by atoms with Gasteiger partial charge in [-0.1, -0.05) is 0 Å². The summed E-state index contributed by atoms with van der Waals surface area (Å²) in [5.41, 5.74) is 5.66. The van der Waals surface area contributed by atoms with Crippen LogP contribution in [0.2, 0.25) is 0 Å². The predicted octanol–water partition coefficient (Wildman–Crippen LogP) is 0.709. The number of carbonyl (C=O) groups is 2. The van der Waals surface area contributed by atoms with Gasteiger partial charge in [-0.3, -0.25) is 9.59 Å². The van der Waals surface area contributed by atoms with Crippen LogP contribution in [0.3, 0.4) is 0 Å². The van der Waals surface area contributed by atoms with Crippen molar-refractivity contribution < 1.29 is 14.0 Å². The molecule has 0 radical (unpaired) electrons. The molecular weight excluding hydrogens is 289 g/mol. The first kappa shape index (κ1) is 15.6. The van der Waals surface area contributed by atoms with E-state index < -0.39 is 17.9 Å². The third kappa shape index (κ3) is 3.66. The normalized spacial score (nSPS) is 12.0. The van der Waals surface area contributed by atoms with Crippen molar-refractivity contribution in [3.05, 3.63) is 41.7 Å². The largest absolute Gasteiger partial charge is 0.370 e. The van der Waals surface area contributed by atoms with Crippen molar-refractivity contribution in [2.24, 2.45) is 5.73 Å². The van der Waals surface area contributed by atoms with Crippen molar-refractivity contribution in [3.8, 4) is 5.69 Å². The lowest BCUT2D eigenvalue weighted by molar-refractivity contribution is -0.118. The summed E-state index contributed by atoms with van der Waals surface area (Å²) < 4.78 is 14.4. The molecule has 1 atom stereocenters. The fraction of sp³-hybridized carbons (Fsp3) is 0.286. The van der Waals surface area contributed by atoms with Crippen LogP contribution >= 0.6 is 0 Å². The van der Waals surface area contributed by atoms with Gasteiger partial charge in [-0.05, 0) is 38.1 Å². The molecule has 1 unspecified atom stereocenters. The van der Waals surface area contributed by atoms with E-state index in [9.17, 15) is 14.0 Å². The van der Waals surface area contributed by atoms with Crippen molar-refractivity contribution in [3.63, 3.8) is 0 Å². The third-order valence-corrected chi connectivity index (χ3v) is 2.93. The fourth-order valence-corrected chi connectivity index (χ4v) is 1.95. The molecule has 2 amide bonds. The van der Waals surface area contributed by atoms with Gasteiger partial charge in [0, 0.05) is 12.5 Å². The fourth-order valence-electron chi connectivity index (χ4n) is 1.95. The number of hydrogen-bond donors (Lipinski definition) is 2. The Morgan fingerprint density at radius 2 is 2.00 bits per heavy atom. The first-order chi connectivity index (χ1) is 10.4. The lowest BCUT2D eigenvalue weighted by atomic mass is 10.2. The molecule has 0 spiro atoms. The lowest BCUT2D eigenvalue weighted by Gasteiger charge is -2.09. The average Bonchev–Trinajstić information content (AvgIpc) is 2.81. The molecule has 22 heavy (non-hydrogen) atoms. The maximum Gasteiger partial charge on any atom is 0.291 e. The molecule has 116 valence electrons. The summed E-state index contributed by atoms with van der Waals surface area (Å²) in [5, 5.41) is 6.69. The van der Waals surface area contributed by atoms with E-state index in [-0.39, 0.29) is 18.1 Å². The maximum atomic E-state index is 12.9. The van der Waals surface area contributed by atoms with E-state index in [1.807, 2.05) is 0 Å². The van der Waals surface area contributed by atoms with Crippen molar-refractivity contribution in [1.82, 2.24) is 20.1 Å². The van der Waals surface area contributed by atoms with E-state index in [0.29, 0.717) is 11.5 Å². The second-order valence-corrected chi connectivity index (χ2v) is 4.92. The van der Waals surface area contributed by atoms with Crippen LogP contribution in [-0.2, 0) is 4.79 Å². The van der Waals surface area contributed by atoms with E-state index in [1.54, 1.807) is 13.8 Å². The Balaban J connectivity index is 2.17. The van der Waals surface area contributed by atoms with Gasteiger partial charge in [-0.15, -0.1) is 5.10 Å². The summed E-state index contributed by atoms with van der Waals surface area (Å²) in [5.74, 6) is -0.913. The van der Waals surface area contributed by atoms with Gasteiger partial charge in [0.25, 0.3) is 5.91 Å². The van der Waals surface area contributed by atoms with Crippen molar-refractivity contribution in [2.45, 2.75) is 26.3 Å². The number of amides is 2. The summed E-state index contributed by atoms with van der Waals surface area (Å²) in [6.07, 6.45) is 0.0311.